The first-order chi connectivity index (χ1) is 9.51. The summed E-state index contributed by atoms with van der Waals surface area (Å²) in [6, 6.07) is 2.89. The van der Waals surface area contributed by atoms with Crippen LogP contribution in [0.15, 0.2) is 12.1 Å². The number of benzene rings is 1. The summed E-state index contributed by atoms with van der Waals surface area (Å²) in [7, 11) is 0. The van der Waals surface area contributed by atoms with Gasteiger partial charge in [0, 0.05) is 12.1 Å². The molecular formula is C14H14F2N2O2. The predicted octanol–water partition coefficient (Wildman–Crippen LogP) is 1.87. The molecule has 20 heavy (non-hydrogen) atoms. The number of rotatable bonds is 2. The second-order valence-electron chi connectivity index (χ2n) is 4.90. The molecule has 0 radical (unpaired) electrons. The minimum Gasteiger partial charge on any atom is -0.393 e. The van der Waals surface area contributed by atoms with Crippen LogP contribution in [-0.4, -0.2) is 23.2 Å². The third kappa shape index (κ3) is 3.11. The van der Waals surface area contributed by atoms with E-state index in [2.05, 4.69) is 5.32 Å². The largest absolute Gasteiger partial charge is 0.393 e. The van der Waals surface area contributed by atoms with E-state index >= 15 is 0 Å². The molecule has 1 aromatic rings. The van der Waals surface area contributed by atoms with Crippen molar-refractivity contribution in [2.75, 3.05) is 0 Å². The van der Waals surface area contributed by atoms with Crippen molar-refractivity contribution in [3.63, 3.8) is 0 Å². The monoisotopic (exact) mass is 280 g/mol. The molecule has 0 bridgehead atoms. The highest BCUT2D eigenvalue weighted by Crippen LogP contribution is 2.20. The molecule has 0 saturated heterocycles. The minimum atomic E-state index is -0.991. The summed E-state index contributed by atoms with van der Waals surface area (Å²) in [5.74, 6) is -2.64. The van der Waals surface area contributed by atoms with Gasteiger partial charge in [-0.25, -0.2) is 8.78 Å². The Hall–Kier alpha value is -2.00. The summed E-state index contributed by atoms with van der Waals surface area (Å²) in [6.45, 7) is 0. The maximum absolute atomic E-state index is 13.6. The predicted molar refractivity (Wildman–Crippen MR) is 66.8 cm³/mol. The van der Waals surface area contributed by atoms with E-state index in [-0.39, 0.29) is 23.3 Å². The zero-order valence-electron chi connectivity index (χ0n) is 10.7. The molecule has 4 nitrogen and oxygen atoms in total. The van der Waals surface area contributed by atoms with Crippen LogP contribution < -0.4 is 5.32 Å². The van der Waals surface area contributed by atoms with Gasteiger partial charge in [-0.15, -0.1) is 0 Å². The molecule has 0 spiro atoms. The fourth-order valence-corrected chi connectivity index (χ4v) is 2.29. The number of aliphatic hydroxyl groups is 1. The highest BCUT2D eigenvalue weighted by atomic mass is 19.1. The van der Waals surface area contributed by atoms with Crippen LogP contribution in [0.25, 0.3) is 0 Å². The molecule has 0 unspecified atom stereocenters. The zero-order valence-corrected chi connectivity index (χ0v) is 10.7. The van der Waals surface area contributed by atoms with Gasteiger partial charge in [-0.05, 0) is 31.7 Å². The lowest BCUT2D eigenvalue weighted by Gasteiger charge is -2.26. The van der Waals surface area contributed by atoms with E-state index in [0.717, 1.165) is 6.07 Å². The Morgan fingerprint density at radius 1 is 1.25 bits per heavy atom. The van der Waals surface area contributed by atoms with Crippen LogP contribution in [0.2, 0.25) is 0 Å². The molecule has 2 rings (SSSR count). The van der Waals surface area contributed by atoms with Crippen molar-refractivity contribution < 1.29 is 18.7 Å². The Kier molecular flexibility index (Phi) is 4.30. The van der Waals surface area contributed by atoms with Crippen molar-refractivity contribution in [3.05, 3.63) is 34.9 Å². The van der Waals surface area contributed by atoms with Gasteiger partial charge in [-0.2, -0.15) is 5.26 Å². The van der Waals surface area contributed by atoms with Crippen LogP contribution in [0, 0.1) is 23.0 Å². The number of carbonyl (C=O) groups excluding carboxylic acids is 1. The number of hydrogen-bond acceptors (Lipinski definition) is 3. The van der Waals surface area contributed by atoms with Crippen LogP contribution in [0.1, 0.15) is 41.6 Å². The fourth-order valence-electron chi connectivity index (χ4n) is 2.29. The Labute approximate surface area is 115 Å². The summed E-state index contributed by atoms with van der Waals surface area (Å²) in [5, 5.41) is 20.7. The van der Waals surface area contributed by atoms with Gasteiger partial charge >= 0.3 is 0 Å². The molecule has 1 aliphatic carbocycles. The molecule has 0 aromatic heterocycles. The second-order valence-corrected chi connectivity index (χ2v) is 4.90. The van der Waals surface area contributed by atoms with Crippen molar-refractivity contribution in [2.45, 2.75) is 37.8 Å². The highest BCUT2D eigenvalue weighted by molar-refractivity contribution is 5.95. The lowest BCUT2D eigenvalue weighted by molar-refractivity contribution is 0.0864. The van der Waals surface area contributed by atoms with E-state index in [1.165, 1.54) is 0 Å². The standard InChI is InChI=1S/C14H14F2N2O2/c15-12-6-13(16)11(5-8(12)7-17)14(20)18-9-1-3-10(19)4-2-9/h5-6,9-10,19H,1-4H2,(H,18,20). The van der Waals surface area contributed by atoms with Gasteiger partial charge in [0.25, 0.3) is 5.91 Å². The quantitative estimate of drug-likeness (QED) is 0.868. The molecule has 1 fully saturated rings. The Bertz CT molecular complexity index is 561. The summed E-state index contributed by atoms with van der Waals surface area (Å²) in [4.78, 5) is 11.9. The van der Waals surface area contributed by atoms with Crippen molar-refractivity contribution in [3.8, 4) is 6.07 Å². The molecule has 6 heteroatoms. The molecule has 106 valence electrons. The highest BCUT2D eigenvalue weighted by Gasteiger charge is 2.23. The fraction of sp³-hybridized carbons (Fsp3) is 0.429. The van der Waals surface area contributed by atoms with Crippen LogP contribution in [0.3, 0.4) is 0 Å². The van der Waals surface area contributed by atoms with E-state index in [4.69, 9.17) is 5.26 Å². The number of hydrogen-bond donors (Lipinski definition) is 2. The topological polar surface area (TPSA) is 73.1 Å². The average molecular weight is 280 g/mol. The molecule has 0 heterocycles. The SMILES string of the molecule is N#Cc1cc(C(=O)NC2CCC(O)CC2)c(F)cc1F. The first kappa shape index (κ1) is 14.4. The summed E-state index contributed by atoms with van der Waals surface area (Å²) >= 11 is 0. The zero-order chi connectivity index (χ0) is 14.7. The van der Waals surface area contributed by atoms with Gasteiger partial charge in [-0.1, -0.05) is 0 Å². The van der Waals surface area contributed by atoms with Crippen LogP contribution in [0.5, 0.6) is 0 Å². The smallest absolute Gasteiger partial charge is 0.254 e. The first-order valence-electron chi connectivity index (χ1n) is 6.39. The summed E-state index contributed by atoms with van der Waals surface area (Å²) in [6.07, 6.45) is 2.04. The number of halogens is 2. The third-order valence-electron chi connectivity index (χ3n) is 3.45. The molecule has 1 saturated carbocycles. The lowest BCUT2D eigenvalue weighted by Crippen LogP contribution is -2.39. The molecule has 1 amide bonds. The van der Waals surface area contributed by atoms with E-state index in [1.807, 2.05) is 0 Å². The van der Waals surface area contributed by atoms with Gasteiger partial charge in [0.1, 0.15) is 17.7 Å². The molecule has 1 aromatic carbocycles. The van der Waals surface area contributed by atoms with Gasteiger partial charge in [0.15, 0.2) is 0 Å². The summed E-state index contributed by atoms with van der Waals surface area (Å²) in [5.41, 5.74) is -0.704. The van der Waals surface area contributed by atoms with Gasteiger partial charge in [0.05, 0.1) is 17.2 Å². The number of nitrogens with zero attached hydrogens (tertiary/aromatic N) is 1. The summed E-state index contributed by atoms with van der Waals surface area (Å²) < 4.78 is 26.8. The number of carbonyl (C=O) groups is 1. The van der Waals surface area contributed by atoms with Crippen LogP contribution in [-0.2, 0) is 0 Å². The van der Waals surface area contributed by atoms with E-state index < -0.39 is 17.5 Å². The number of nitriles is 1. The Morgan fingerprint density at radius 2 is 1.90 bits per heavy atom. The van der Waals surface area contributed by atoms with E-state index in [0.29, 0.717) is 31.7 Å². The molecule has 2 N–H and O–H groups in total. The van der Waals surface area contributed by atoms with Crippen molar-refractivity contribution in [1.29, 1.82) is 5.26 Å². The van der Waals surface area contributed by atoms with Crippen molar-refractivity contribution in [1.82, 2.24) is 5.32 Å². The second kappa shape index (κ2) is 5.97. The van der Waals surface area contributed by atoms with Gasteiger partial charge in [-0.3, -0.25) is 4.79 Å². The molecule has 0 aliphatic heterocycles. The van der Waals surface area contributed by atoms with Crippen LogP contribution >= 0.6 is 0 Å². The normalized spacial score (nSPS) is 22.1. The Morgan fingerprint density at radius 3 is 2.50 bits per heavy atom. The number of amides is 1. The van der Waals surface area contributed by atoms with Gasteiger partial charge in [0.2, 0.25) is 0 Å². The minimum absolute atomic E-state index is 0.138. The van der Waals surface area contributed by atoms with Crippen molar-refractivity contribution in [2.24, 2.45) is 0 Å². The maximum atomic E-state index is 13.6. The molecular weight excluding hydrogens is 266 g/mol. The van der Waals surface area contributed by atoms with Crippen molar-refractivity contribution >= 4 is 5.91 Å². The van der Waals surface area contributed by atoms with Gasteiger partial charge < -0.3 is 10.4 Å². The van der Waals surface area contributed by atoms with E-state index in [1.54, 1.807) is 6.07 Å². The number of nitrogens with one attached hydrogen (secondary N) is 1. The Balaban J connectivity index is 2.11. The molecule has 0 atom stereocenters. The average Bonchev–Trinajstić information content (AvgIpc) is 2.41. The third-order valence-corrected chi connectivity index (χ3v) is 3.45. The molecule has 1 aliphatic rings. The first-order valence-corrected chi connectivity index (χ1v) is 6.39. The van der Waals surface area contributed by atoms with E-state index in [9.17, 15) is 18.7 Å². The van der Waals surface area contributed by atoms with Crippen LogP contribution in [0.4, 0.5) is 8.78 Å². The number of aliphatic hydroxyl groups excluding tert-OH is 1. The maximum Gasteiger partial charge on any atom is 0.254 e. The lowest BCUT2D eigenvalue weighted by atomic mass is 9.93.